The Morgan fingerprint density at radius 3 is 2.00 bits per heavy atom. The first kappa shape index (κ1) is 20.2. The van der Waals surface area contributed by atoms with Crippen LogP contribution in [0.5, 0.6) is 0 Å². The number of hydrogen-bond donors (Lipinski definition) is 2. The van der Waals surface area contributed by atoms with E-state index < -0.39 is 5.97 Å². The van der Waals surface area contributed by atoms with Crippen LogP contribution in [0.2, 0.25) is 0 Å². The summed E-state index contributed by atoms with van der Waals surface area (Å²) in [6.45, 7) is 2.19. The molecule has 0 aliphatic carbocycles. The van der Waals surface area contributed by atoms with Gasteiger partial charge in [0.1, 0.15) is 0 Å². The van der Waals surface area contributed by atoms with Crippen LogP contribution in [0.25, 0.3) is 0 Å². The summed E-state index contributed by atoms with van der Waals surface area (Å²) in [7, 11) is 0. The number of hydrogen-bond acceptors (Lipinski definition) is 2. The molecule has 0 bridgehead atoms. The fourth-order valence-electron chi connectivity index (χ4n) is 2.48. The Balaban J connectivity index is 3.16. The number of carbonyl (C=O) groups is 1. The summed E-state index contributed by atoms with van der Waals surface area (Å²) >= 11 is 0. The minimum Gasteiger partial charge on any atom is -0.478 e. The van der Waals surface area contributed by atoms with Crippen molar-refractivity contribution in [1.29, 1.82) is 0 Å². The number of carboxylic acids is 1. The van der Waals surface area contributed by atoms with Gasteiger partial charge in [0.05, 0.1) is 6.10 Å². The van der Waals surface area contributed by atoms with Gasteiger partial charge in [0.15, 0.2) is 0 Å². The van der Waals surface area contributed by atoms with Crippen molar-refractivity contribution in [2.24, 2.45) is 0 Å². The molecule has 2 N–H and O–H groups in total. The molecule has 0 amide bonds. The molecule has 0 rings (SSSR count). The van der Waals surface area contributed by atoms with Gasteiger partial charge in [0.25, 0.3) is 0 Å². The Labute approximate surface area is 130 Å². The highest BCUT2D eigenvalue weighted by molar-refractivity contribution is 5.79. The van der Waals surface area contributed by atoms with E-state index in [0.717, 1.165) is 38.5 Å². The molecular formula is C18H34O3. The molecule has 0 saturated carbocycles. The number of unbranched alkanes of at least 4 members (excludes halogenated alkanes) is 9. The molecule has 3 heteroatoms. The lowest BCUT2D eigenvalue weighted by Crippen LogP contribution is -2.05. The van der Waals surface area contributed by atoms with E-state index in [0.29, 0.717) is 0 Å². The number of allylic oxidation sites excluding steroid dienone is 1. The normalized spacial score (nSPS) is 12.9. The summed E-state index contributed by atoms with van der Waals surface area (Å²) in [5, 5.41) is 18.2. The minimum atomic E-state index is -0.855. The van der Waals surface area contributed by atoms with Crippen molar-refractivity contribution in [1.82, 2.24) is 0 Å². The fraction of sp³-hybridized carbons (Fsp3) is 0.833. The Bertz CT molecular complexity index is 261. The van der Waals surface area contributed by atoms with Gasteiger partial charge < -0.3 is 10.2 Å². The molecule has 3 nitrogen and oxygen atoms in total. The predicted octanol–water partition coefficient (Wildman–Crippen LogP) is 5.08. The van der Waals surface area contributed by atoms with Crippen LogP contribution in [0.4, 0.5) is 0 Å². The molecule has 0 aliphatic rings. The van der Waals surface area contributed by atoms with E-state index in [1.54, 1.807) is 6.08 Å². The average Bonchev–Trinajstić information content (AvgIpc) is 2.44. The van der Waals surface area contributed by atoms with Crippen molar-refractivity contribution in [3.05, 3.63) is 12.2 Å². The summed E-state index contributed by atoms with van der Waals surface area (Å²) in [6, 6.07) is 0. The summed E-state index contributed by atoms with van der Waals surface area (Å²) in [5.74, 6) is -0.855. The SMILES string of the molecule is CCCCCC(O)CCCCCCCCCC=CC(=O)O. The summed E-state index contributed by atoms with van der Waals surface area (Å²) < 4.78 is 0. The topological polar surface area (TPSA) is 57.5 Å². The van der Waals surface area contributed by atoms with Crippen molar-refractivity contribution < 1.29 is 15.0 Å². The molecule has 0 aromatic rings. The van der Waals surface area contributed by atoms with Crippen LogP contribution >= 0.6 is 0 Å². The van der Waals surface area contributed by atoms with Gasteiger partial charge in [-0.3, -0.25) is 0 Å². The van der Waals surface area contributed by atoms with Crippen molar-refractivity contribution in [2.75, 3.05) is 0 Å². The number of aliphatic hydroxyl groups excluding tert-OH is 1. The van der Waals surface area contributed by atoms with Crippen LogP contribution in [-0.2, 0) is 4.79 Å². The zero-order valence-electron chi connectivity index (χ0n) is 13.7. The third kappa shape index (κ3) is 17.1. The molecule has 0 aromatic heterocycles. The molecule has 0 spiro atoms. The molecular weight excluding hydrogens is 264 g/mol. The maximum atomic E-state index is 10.3. The third-order valence-electron chi connectivity index (χ3n) is 3.81. The molecule has 0 saturated heterocycles. The predicted molar refractivity (Wildman–Crippen MR) is 88.5 cm³/mol. The van der Waals surface area contributed by atoms with E-state index in [1.165, 1.54) is 51.0 Å². The lowest BCUT2D eigenvalue weighted by Gasteiger charge is -2.09. The molecule has 0 heterocycles. The second-order valence-corrected chi connectivity index (χ2v) is 5.94. The lowest BCUT2D eigenvalue weighted by molar-refractivity contribution is -0.131. The third-order valence-corrected chi connectivity index (χ3v) is 3.81. The highest BCUT2D eigenvalue weighted by Gasteiger charge is 2.02. The quantitative estimate of drug-likeness (QED) is 0.327. The summed E-state index contributed by atoms with van der Waals surface area (Å²) in [4.78, 5) is 10.3. The number of carboxylic acid groups (broad SMARTS) is 1. The van der Waals surface area contributed by atoms with E-state index >= 15 is 0 Å². The molecule has 0 radical (unpaired) electrons. The van der Waals surface area contributed by atoms with Crippen molar-refractivity contribution in [2.45, 2.75) is 96.5 Å². The lowest BCUT2D eigenvalue weighted by atomic mass is 10.0. The molecule has 0 aromatic carbocycles. The number of aliphatic hydroxyl groups is 1. The van der Waals surface area contributed by atoms with Crippen LogP contribution in [0, 0.1) is 0 Å². The van der Waals surface area contributed by atoms with Gasteiger partial charge in [0, 0.05) is 6.08 Å². The fourth-order valence-corrected chi connectivity index (χ4v) is 2.48. The summed E-state index contributed by atoms with van der Waals surface area (Å²) in [5.41, 5.74) is 0. The Hall–Kier alpha value is -0.830. The summed E-state index contributed by atoms with van der Waals surface area (Å²) in [6.07, 6.45) is 17.7. The maximum Gasteiger partial charge on any atom is 0.327 e. The smallest absolute Gasteiger partial charge is 0.327 e. The Morgan fingerprint density at radius 1 is 0.905 bits per heavy atom. The Morgan fingerprint density at radius 2 is 1.43 bits per heavy atom. The number of aliphatic carboxylic acids is 1. The highest BCUT2D eigenvalue weighted by atomic mass is 16.4. The van der Waals surface area contributed by atoms with Gasteiger partial charge in [-0.2, -0.15) is 0 Å². The van der Waals surface area contributed by atoms with Crippen LogP contribution in [0.1, 0.15) is 90.4 Å². The van der Waals surface area contributed by atoms with Gasteiger partial charge in [-0.05, 0) is 25.7 Å². The highest BCUT2D eigenvalue weighted by Crippen LogP contribution is 2.13. The molecule has 124 valence electrons. The second kappa shape index (κ2) is 15.6. The first-order valence-electron chi connectivity index (χ1n) is 8.74. The van der Waals surface area contributed by atoms with Gasteiger partial charge in [-0.15, -0.1) is 0 Å². The first-order valence-corrected chi connectivity index (χ1v) is 8.74. The van der Waals surface area contributed by atoms with Crippen molar-refractivity contribution in [3.8, 4) is 0 Å². The molecule has 21 heavy (non-hydrogen) atoms. The zero-order chi connectivity index (χ0) is 15.8. The Kier molecular flexibility index (Phi) is 14.9. The van der Waals surface area contributed by atoms with E-state index in [-0.39, 0.29) is 6.10 Å². The van der Waals surface area contributed by atoms with Gasteiger partial charge >= 0.3 is 5.97 Å². The molecule has 0 fully saturated rings. The van der Waals surface area contributed by atoms with Crippen LogP contribution in [0.3, 0.4) is 0 Å². The first-order chi connectivity index (χ1) is 10.2. The number of rotatable bonds is 15. The standard InChI is InChI=1S/C18H34O3/c1-2-3-11-14-17(19)15-12-9-7-5-4-6-8-10-13-16-18(20)21/h13,16-17,19H,2-12,14-15H2,1H3,(H,20,21). The molecule has 1 atom stereocenters. The van der Waals surface area contributed by atoms with Gasteiger partial charge in [0.2, 0.25) is 0 Å². The monoisotopic (exact) mass is 298 g/mol. The van der Waals surface area contributed by atoms with Crippen LogP contribution < -0.4 is 0 Å². The van der Waals surface area contributed by atoms with Crippen molar-refractivity contribution in [3.63, 3.8) is 0 Å². The van der Waals surface area contributed by atoms with Gasteiger partial charge in [-0.25, -0.2) is 4.79 Å². The van der Waals surface area contributed by atoms with Crippen molar-refractivity contribution >= 4 is 5.97 Å². The van der Waals surface area contributed by atoms with Crippen LogP contribution in [0.15, 0.2) is 12.2 Å². The van der Waals surface area contributed by atoms with Crippen LogP contribution in [-0.4, -0.2) is 22.3 Å². The largest absolute Gasteiger partial charge is 0.478 e. The van der Waals surface area contributed by atoms with E-state index in [1.807, 2.05) is 0 Å². The minimum absolute atomic E-state index is 0.0856. The molecule has 0 aliphatic heterocycles. The zero-order valence-corrected chi connectivity index (χ0v) is 13.7. The van der Waals surface area contributed by atoms with E-state index in [9.17, 15) is 9.90 Å². The maximum absolute atomic E-state index is 10.3. The van der Waals surface area contributed by atoms with E-state index in [4.69, 9.17) is 5.11 Å². The second-order valence-electron chi connectivity index (χ2n) is 5.94. The van der Waals surface area contributed by atoms with Gasteiger partial charge in [-0.1, -0.05) is 70.8 Å². The van der Waals surface area contributed by atoms with E-state index in [2.05, 4.69) is 6.92 Å². The molecule has 1 unspecified atom stereocenters. The average molecular weight is 298 g/mol.